The summed E-state index contributed by atoms with van der Waals surface area (Å²) in [5.41, 5.74) is 5.44. The normalized spacial score (nSPS) is 15.8. The van der Waals surface area contributed by atoms with Crippen molar-refractivity contribution in [3.63, 3.8) is 0 Å². The molecule has 0 N–H and O–H groups in total. The molecule has 17 heavy (non-hydrogen) atoms. The van der Waals surface area contributed by atoms with Gasteiger partial charge >= 0.3 is 26.2 Å². The SMILES string of the molecule is CC1=[C-]CC(C)=C1.CC1=[C-]CC(C)=C1.[Cl-].[Cl-].[Zr+4]. The third-order valence-corrected chi connectivity index (χ3v) is 2.22. The topological polar surface area (TPSA) is 0 Å². The van der Waals surface area contributed by atoms with Crippen LogP contribution in [-0.2, 0) is 26.2 Å². The van der Waals surface area contributed by atoms with Crippen LogP contribution in [0.2, 0.25) is 0 Å². The molecule has 0 aromatic carbocycles. The Kier molecular flexibility index (Phi) is 15.3. The van der Waals surface area contributed by atoms with Crippen molar-refractivity contribution in [2.24, 2.45) is 0 Å². The summed E-state index contributed by atoms with van der Waals surface area (Å²) in [7, 11) is 0. The summed E-state index contributed by atoms with van der Waals surface area (Å²) in [6.07, 6.45) is 12.8. The van der Waals surface area contributed by atoms with E-state index in [4.69, 9.17) is 0 Å². The Morgan fingerprint density at radius 1 is 0.765 bits per heavy atom. The fraction of sp³-hybridized carbons (Fsp3) is 0.429. The maximum atomic E-state index is 3.19. The van der Waals surface area contributed by atoms with E-state index in [1.807, 2.05) is 0 Å². The van der Waals surface area contributed by atoms with E-state index in [-0.39, 0.29) is 51.0 Å². The van der Waals surface area contributed by atoms with Crippen LogP contribution in [0.4, 0.5) is 0 Å². The van der Waals surface area contributed by atoms with Gasteiger partial charge in [0.15, 0.2) is 0 Å². The van der Waals surface area contributed by atoms with Crippen molar-refractivity contribution in [3.05, 3.63) is 46.6 Å². The number of rotatable bonds is 0. The van der Waals surface area contributed by atoms with Crippen LogP contribution in [0, 0.1) is 12.2 Å². The van der Waals surface area contributed by atoms with Crippen molar-refractivity contribution >= 4 is 0 Å². The van der Waals surface area contributed by atoms with Gasteiger partial charge in [-0.1, -0.05) is 27.7 Å². The van der Waals surface area contributed by atoms with Crippen LogP contribution in [0.5, 0.6) is 0 Å². The van der Waals surface area contributed by atoms with Crippen molar-refractivity contribution in [3.8, 4) is 0 Å². The van der Waals surface area contributed by atoms with Crippen LogP contribution in [0.1, 0.15) is 40.5 Å². The molecule has 0 saturated carbocycles. The van der Waals surface area contributed by atoms with Crippen LogP contribution in [0.25, 0.3) is 0 Å². The van der Waals surface area contributed by atoms with Crippen LogP contribution in [0.3, 0.4) is 0 Å². The molecule has 0 atom stereocenters. The van der Waals surface area contributed by atoms with Gasteiger partial charge in [-0.2, -0.15) is 11.1 Å². The molecular weight excluding hydrogens is 330 g/mol. The van der Waals surface area contributed by atoms with Crippen LogP contribution in [-0.4, -0.2) is 0 Å². The van der Waals surface area contributed by atoms with Gasteiger partial charge in [-0.05, 0) is 0 Å². The molecule has 0 heterocycles. The van der Waals surface area contributed by atoms with E-state index in [9.17, 15) is 0 Å². The minimum absolute atomic E-state index is 0. The summed E-state index contributed by atoms with van der Waals surface area (Å²) in [5.74, 6) is 0. The molecule has 0 aliphatic heterocycles. The minimum Gasteiger partial charge on any atom is -1.00 e. The van der Waals surface area contributed by atoms with Crippen molar-refractivity contribution in [2.45, 2.75) is 40.5 Å². The molecule has 0 nitrogen and oxygen atoms in total. The van der Waals surface area contributed by atoms with E-state index in [1.54, 1.807) is 0 Å². The summed E-state index contributed by atoms with van der Waals surface area (Å²) in [4.78, 5) is 0. The molecule has 0 aromatic heterocycles. The van der Waals surface area contributed by atoms with Gasteiger partial charge in [0.1, 0.15) is 0 Å². The maximum Gasteiger partial charge on any atom is 4.00 e. The molecule has 0 unspecified atom stereocenters. The van der Waals surface area contributed by atoms with Gasteiger partial charge in [0, 0.05) is 0 Å². The quantitative estimate of drug-likeness (QED) is 0.452. The molecule has 0 bridgehead atoms. The third kappa shape index (κ3) is 10.1. The Bertz CT molecular complexity index is 302. The van der Waals surface area contributed by atoms with Gasteiger partial charge in [-0.3, -0.25) is 12.2 Å². The molecule has 92 valence electrons. The fourth-order valence-corrected chi connectivity index (χ4v) is 1.50. The Hall–Kier alpha value is 0.423. The molecule has 0 fully saturated rings. The number of hydrogen-bond donors (Lipinski definition) is 0. The summed E-state index contributed by atoms with van der Waals surface area (Å²) in [6.45, 7) is 8.42. The summed E-state index contributed by atoms with van der Waals surface area (Å²) in [5, 5.41) is 0. The molecule has 0 radical (unpaired) electrons. The second-order valence-corrected chi connectivity index (χ2v) is 4.05. The maximum absolute atomic E-state index is 3.19. The first-order chi connectivity index (χ1) is 6.58. The Labute approximate surface area is 137 Å². The largest absolute Gasteiger partial charge is 4.00 e. The van der Waals surface area contributed by atoms with E-state index in [2.05, 4.69) is 52.0 Å². The first-order valence-electron chi connectivity index (χ1n) is 5.07. The van der Waals surface area contributed by atoms with Gasteiger partial charge in [-0.15, -0.1) is 12.8 Å². The van der Waals surface area contributed by atoms with Crippen molar-refractivity contribution in [1.82, 2.24) is 0 Å². The zero-order chi connectivity index (χ0) is 10.6. The average molecular weight is 348 g/mol. The standard InChI is InChI=1S/2C7H9.2ClH.Zr/c2*1-6-3-4-7(2)5-6;;;/h2*5H,3H2,1-2H3;2*1H;/q2*-1;;;+4/p-2. The fourth-order valence-electron chi connectivity index (χ4n) is 1.50. The first-order valence-corrected chi connectivity index (χ1v) is 5.07. The molecule has 2 aliphatic carbocycles. The zero-order valence-electron chi connectivity index (χ0n) is 10.8. The van der Waals surface area contributed by atoms with Gasteiger partial charge in [-0.25, -0.2) is 23.3 Å². The minimum atomic E-state index is 0. The molecule has 0 aromatic rings. The summed E-state index contributed by atoms with van der Waals surface area (Å²) < 4.78 is 0. The molecule has 0 spiro atoms. The van der Waals surface area contributed by atoms with E-state index >= 15 is 0 Å². The molecule has 2 aliphatic rings. The van der Waals surface area contributed by atoms with E-state index in [0.717, 1.165) is 12.8 Å². The van der Waals surface area contributed by atoms with Crippen molar-refractivity contribution in [2.75, 3.05) is 0 Å². The van der Waals surface area contributed by atoms with E-state index in [0.29, 0.717) is 0 Å². The predicted molar refractivity (Wildman–Crippen MR) is 61.6 cm³/mol. The first kappa shape index (κ1) is 22.6. The molecule has 0 amide bonds. The van der Waals surface area contributed by atoms with Crippen LogP contribution in [0.15, 0.2) is 34.4 Å². The molecule has 2 rings (SSSR count). The smallest absolute Gasteiger partial charge is 1.00 e. The summed E-state index contributed by atoms with van der Waals surface area (Å²) >= 11 is 0. The van der Waals surface area contributed by atoms with Gasteiger partial charge in [0.05, 0.1) is 0 Å². The van der Waals surface area contributed by atoms with E-state index in [1.165, 1.54) is 22.3 Å². The monoisotopic (exact) mass is 346 g/mol. The van der Waals surface area contributed by atoms with Crippen LogP contribution >= 0.6 is 0 Å². The van der Waals surface area contributed by atoms with Gasteiger partial charge in [0.25, 0.3) is 0 Å². The molecule has 3 heteroatoms. The van der Waals surface area contributed by atoms with Crippen LogP contribution < -0.4 is 24.8 Å². The Morgan fingerprint density at radius 2 is 1.06 bits per heavy atom. The molecule has 0 saturated heterocycles. The van der Waals surface area contributed by atoms with Crippen molar-refractivity contribution in [1.29, 1.82) is 0 Å². The summed E-state index contributed by atoms with van der Waals surface area (Å²) in [6, 6.07) is 0. The average Bonchev–Trinajstić information content (AvgIpc) is 2.63. The Balaban J connectivity index is -0.000000196. The third-order valence-electron chi connectivity index (χ3n) is 2.22. The number of halogens is 2. The number of hydrogen-bond acceptors (Lipinski definition) is 0. The van der Waals surface area contributed by atoms with Gasteiger partial charge in [0.2, 0.25) is 0 Å². The van der Waals surface area contributed by atoms with Crippen molar-refractivity contribution < 1.29 is 51.0 Å². The predicted octanol–water partition coefficient (Wildman–Crippen LogP) is -1.82. The molecular formula is C14H18Cl2Zr. The van der Waals surface area contributed by atoms with Gasteiger partial charge < -0.3 is 24.8 Å². The van der Waals surface area contributed by atoms with E-state index < -0.39 is 0 Å². The zero-order valence-corrected chi connectivity index (χ0v) is 14.8. The number of allylic oxidation sites excluding steroid dienone is 8. The second-order valence-electron chi connectivity index (χ2n) is 4.05. The Morgan fingerprint density at radius 3 is 1.12 bits per heavy atom. The second kappa shape index (κ2) is 11.5.